The Labute approximate surface area is 370 Å². The third-order valence-electron chi connectivity index (χ3n) is 11.8. The molecule has 334 valence electrons. The molecule has 4 aromatic rings. The van der Waals surface area contributed by atoms with Crippen LogP contribution in [0.5, 0.6) is 0 Å². The lowest BCUT2D eigenvalue weighted by molar-refractivity contribution is -0.139. The molecule has 2 aromatic heterocycles. The first kappa shape index (κ1) is 46.3. The largest absolute Gasteiger partial charge is 0.453 e. The molecule has 2 fully saturated rings. The summed E-state index contributed by atoms with van der Waals surface area (Å²) >= 11 is 13.5. The summed E-state index contributed by atoms with van der Waals surface area (Å²) in [5.41, 5.74) is 4.53. The number of likely N-dealkylation sites (tertiary alicyclic amines) is 2. The van der Waals surface area contributed by atoms with Crippen LogP contribution in [0.3, 0.4) is 0 Å². The minimum Gasteiger partial charge on any atom is -0.453 e. The van der Waals surface area contributed by atoms with Gasteiger partial charge in [0.15, 0.2) is 0 Å². The molecule has 0 radical (unpaired) electrons. The standard InChI is InChI=1S/C43H54Cl2N8O9/c1-22-9-18-30(53(22)41(55)33(24(3)60-6)49-43(57)62-8)38-46-34(36(44)50-38)28-14-10-26(11-15-28)27-12-16-29(17-13-27)35-37(45)51-39(47-35)31-19-25(21-58-4)20-52(31)40(54)32(23(2)59-5)48-42(56)61-7/h10-17,22-25,30-33H,9,18-21H2,1-8H3,(H,46,50)(H,47,51)(H,48,56)(H,49,57). The number of imidazole rings is 2. The Kier molecular flexibility index (Phi) is 15.2. The zero-order valence-corrected chi connectivity index (χ0v) is 37.5. The van der Waals surface area contributed by atoms with Crippen LogP contribution >= 0.6 is 23.2 Å². The van der Waals surface area contributed by atoms with Gasteiger partial charge in [0, 0.05) is 51.0 Å². The number of benzene rings is 2. The molecule has 4 amide bonds. The fourth-order valence-electron chi connectivity index (χ4n) is 8.23. The molecule has 62 heavy (non-hydrogen) atoms. The number of carbonyl (C=O) groups excluding carboxylic acids is 4. The summed E-state index contributed by atoms with van der Waals surface area (Å²) in [5.74, 6) is 0.439. The van der Waals surface area contributed by atoms with Crippen LogP contribution in [0.4, 0.5) is 9.59 Å². The van der Waals surface area contributed by atoms with Crippen LogP contribution in [0.2, 0.25) is 10.3 Å². The Bertz CT molecular complexity index is 2200. The van der Waals surface area contributed by atoms with Crippen molar-refractivity contribution in [1.82, 2.24) is 40.4 Å². The molecule has 2 aliphatic rings. The quantitative estimate of drug-likeness (QED) is 0.101. The van der Waals surface area contributed by atoms with Gasteiger partial charge in [0.2, 0.25) is 11.8 Å². The van der Waals surface area contributed by atoms with Crippen molar-refractivity contribution in [3.63, 3.8) is 0 Å². The second kappa shape index (κ2) is 20.3. The van der Waals surface area contributed by atoms with Crippen molar-refractivity contribution in [1.29, 1.82) is 0 Å². The number of aromatic nitrogens is 4. The van der Waals surface area contributed by atoms with Gasteiger partial charge in [0.1, 0.15) is 45.4 Å². The summed E-state index contributed by atoms with van der Waals surface area (Å²) < 4.78 is 25.9. The SMILES string of the molecule is COCC1CC(c2nc(-c3ccc(-c4ccc(-c5nc(C6CCC(C)N6C(=O)C(NC(=O)OC)C(C)OC)[nH]c5Cl)cc4)cc3)c(Cl)[nH]2)N(C(=O)C(NC(=O)OC)C(C)OC)C1. The van der Waals surface area contributed by atoms with Gasteiger partial charge in [-0.1, -0.05) is 71.7 Å². The fourth-order valence-corrected chi connectivity index (χ4v) is 8.72. The number of rotatable bonds is 15. The average molecular weight is 898 g/mol. The zero-order valence-electron chi connectivity index (χ0n) is 36.0. The summed E-state index contributed by atoms with van der Waals surface area (Å²) in [6, 6.07) is 12.7. The van der Waals surface area contributed by atoms with Gasteiger partial charge in [-0.15, -0.1) is 0 Å². The number of nitrogens with zero attached hydrogens (tertiary/aromatic N) is 4. The normalized spacial score (nSPS) is 20.7. The van der Waals surface area contributed by atoms with E-state index in [2.05, 4.69) is 20.6 Å². The van der Waals surface area contributed by atoms with Crippen LogP contribution in [-0.4, -0.2) is 133 Å². The van der Waals surface area contributed by atoms with E-state index in [1.807, 2.05) is 55.5 Å². The third kappa shape index (κ3) is 9.87. The van der Waals surface area contributed by atoms with Crippen molar-refractivity contribution in [3.8, 4) is 33.6 Å². The van der Waals surface area contributed by atoms with E-state index in [1.54, 1.807) is 30.8 Å². The summed E-state index contributed by atoms with van der Waals surface area (Å²) in [7, 11) is 7.04. The predicted octanol–water partition coefficient (Wildman–Crippen LogP) is 6.55. The Morgan fingerprint density at radius 2 is 1.16 bits per heavy atom. The highest BCUT2D eigenvalue weighted by Gasteiger charge is 2.44. The highest BCUT2D eigenvalue weighted by molar-refractivity contribution is 6.32. The number of ether oxygens (including phenoxy) is 5. The smallest absolute Gasteiger partial charge is 0.407 e. The highest BCUT2D eigenvalue weighted by atomic mass is 35.5. The Morgan fingerprint density at radius 1 is 0.710 bits per heavy atom. The van der Waals surface area contributed by atoms with Gasteiger partial charge in [0.25, 0.3) is 0 Å². The second-order valence-electron chi connectivity index (χ2n) is 15.6. The Hall–Kier alpha value is -5.20. The van der Waals surface area contributed by atoms with Gasteiger partial charge in [0.05, 0.1) is 45.1 Å². The number of hydrogen-bond donors (Lipinski definition) is 4. The Morgan fingerprint density at radius 3 is 1.61 bits per heavy atom. The highest BCUT2D eigenvalue weighted by Crippen LogP contribution is 2.40. The summed E-state index contributed by atoms with van der Waals surface area (Å²) in [6.45, 7) is 6.19. The molecule has 19 heteroatoms. The lowest BCUT2D eigenvalue weighted by Gasteiger charge is -2.33. The number of methoxy groups -OCH3 is 5. The number of nitrogens with one attached hydrogen (secondary N) is 4. The van der Waals surface area contributed by atoms with Gasteiger partial charge in [-0.05, 0) is 51.2 Å². The average Bonchev–Trinajstić information content (AvgIpc) is 4.08. The van der Waals surface area contributed by atoms with Gasteiger partial charge in [-0.3, -0.25) is 9.59 Å². The van der Waals surface area contributed by atoms with Crippen molar-refractivity contribution >= 4 is 47.2 Å². The molecule has 0 bridgehead atoms. The molecule has 0 spiro atoms. The van der Waals surface area contributed by atoms with Crippen LogP contribution in [0.1, 0.15) is 63.8 Å². The van der Waals surface area contributed by atoms with Crippen molar-refractivity contribution in [3.05, 3.63) is 70.5 Å². The lowest BCUT2D eigenvalue weighted by atomic mass is 10.0. The summed E-state index contributed by atoms with van der Waals surface area (Å²) in [4.78, 5) is 71.8. The first-order valence-electron chi connectivity index (χ1n) is 20.3. The number of aromatic amines is 2. The number of H-pyrrole nitrogens is 2. The molecule has 4 heterocycles. The van der Waals surface area contributed by atoms with E-state index >= 15 is 0 Å². The molecule has 2 aliphatic heterocycles. The van der Waals surface area contributed by atoms with Gasteiger partial charge < -0.3 is 54.1 Å². The summed E-state index contributed by atoms with van der Waals surface area (Å²) in [5, 5.41) is 5.90. The molecule has 0 saturated carbocycles. The monoisotopic (exact) mass is 896 g/mol. The number of hydrogen-bond acceptors (Lipinski definition) is 11. The van der Waals surface area contributed by atoms with Gasteiger partial charge >= 0.3 is 12.2 Å². The molecule has 8 unspecified atom stereocenters. The van der Waals surface area contributed by atoms with Crippen LogP contribution in [0, 0.1) is 5.92 Å². The topological polar surface area (TPSA) is 202 Å². The van der Waals surface area contributed by atoms with Crippen molar-refractivity contribution in [2.75, 3.05) is 48.7 Å². The van der Waals surface area contributed by atoms with E-state index in [0.29, 0.717) is 59.3 Å². The van der Waals surface area contributed by atoms with E-state index in [9.17, 15) is 19.2 Å². The molecule has 0 aliphatic carbocycles. The van der Waals surface area contributed by atoms with Gasteiger partial charge in [-0.2, -0.15) is 0 Å². The van der Waals surface area contributed by atoms with Crippen molar-refractivity contribution in [2.45, 2.75) is 82.5 Å². The molecule has 2 saturated heterocycles. The fraction of sp³-hybridized carbons (Fsp3) is 0.488. The second-order valence-corrected chi connectivity index (χ2v) is 16.3. The number of halogens is 2. The van der Waals surface area contributed by atoms with E-state index in [1.165, 1.54) is 28.4 Å². The van der Waals surface area contributed by atoms with E-state index in [0.717, 1.165) is 28.7 Å². The third-order valence-corrected chi connectivity index (χ3v) is 12.3. The van der Waals surface area contributed by atoms with Crippen LogP contribution in [0.25, 0.3) is 33.6 Å². The zero-order chi connectivity index (χ0) is 44.8. The molecular weight excluding hydrogens is 843 g/mol. The van der Waals surface area contributed by atoms with Gasteiger partial charge in [-0.25, -0.2) is 19.6 Å². The van der Waals surface area contributed by atoms with Crippen LogP contribution < -0.4 is 10.6 Å². The van der Waals surface area contributed by atoms with E-state index < -0.39 is 48.6 Å². The first-order chi connectivity index (χ1) is 29.7. The maximum absolute atomic E-state index is 14.0. The predicted molar refractivity (Wildman–Crippen MR) is 231 cm³/mol. The molecule has 6 rings (SSSR count). The molecular formula is C43H54Cl2N8O9. The number of alkyl carbamates (subject to hydrolysis) is 2. The molecule has 17 nitrogen and oxygen atoms in total. The Balaban J connectivity index is 1.18. The molecule has 2 aromatic carbocycles. The van der Waals surface area contributed by atoms with E-state index in [4.69, 9.17) is 56.9 Å². The maximum Gasteiger partial charge on any atom is 0.407 e. The summed E-state index contributed by atoms with van der Waals surface area (Å²) in [6.07, 6.45) is -0.758. The molecule has 4 N–H and O–H groups in total. The van der Waals surface area contributed by atoms with Crippen LogP contribution in [-0.2, 0) is 33.3 Å². The minimum atomic E-state index is -0.997. The molecule has 8 atom stereocenters. The minimum absolute atomic E-state index is 0.0216. The van der Waals surface area contributed by atoms with E-state index in [-0.39, 0.29) is 23.8 Å². The lowest BCUT2D eigenvalue weighted by Crippen LogP contribution is -2.55. The van der Waals surface area contributed by atoms with Crippen molar-refractivity contribution in [2.24, 2.45) is 5.92 Å². The number of amides is 4. The maximum atomic E-state index is 14.0. The van der Waals surface area contributed by atoms with Crippen molar-refractivity contribution < 1.29 is 42.9 Å². The number of carbonyl (C=O) groups is 4. The first-order valence-corrected chi connectivity index (χ1v) is 21.1. The van der Waals surface area contributed by atoms with Crippen LogP contribution in [0.15, 0.2) is 48.5 Å².